The molecule has 3 heteroatoms. The van der Waals surface area contributed by atoms with Crippen molar-refractivity contribution in [3.05, 3.63) is 29.8 Å². The molecule has 3 rings (SSSR count). The van der Waals surface area contributed by atoms with Gasteiger partial charge in [-0.15, -0.1) is 0 Å². The zero-order chi connectivity index (χ0) is 11.0. The second kappa shape index (κ2) is 3.75. The van der Waals surface area contributed by atoms with E-state index in [1.54, 1.807) is 0 Å². The van der Waals surface area contributed by atoms with E-state index in [0.29, 0.717) is 6.61 Å². The Morgan fingerprint density at radius 1 is 1.31 bits per heavy atom. The van der Waals surface area contributed by atoms with Crippen molar-refractivity contribution in [2.45, 2.75) is 30.9 Å². The van der Waals surface area contributed by atoms with Crippen molar-refractivity contribution in [1.29, 1.82) is 0 Å². The number of benzene rings is 1. The Bertz CT molecular complexity index is 385. The molecule has 0 amide bonds. The van der Waals surface area contributed by atoms with Crippen molar-refractivity contribution >= 4 is 0 Å². The molecule has 86 valence electrons. The maximum atomic E-state index is 6.22. The van der Waals surface area contributed by atoms with Crippen molar-refractivity contribution < 1.29 is 9.47 Å². The monoisotopic (exact) mass is 219 g/mol. The number of ether oxygens (including phenoxy) is 2. The Kier molecular flexibility index (Phi) is 2.37. The van der Waals surface area contributed by atoms with Gasteiger partial charge < -0.3 is 15.2 Å². The molecule has 0 aliphatic carbocycles. The third-order valence-corrected chi connectivity index (χ3v) is 3.52. The van der Waals surface area contributed by atoms with Gasteiger partial charge >= 0.3 is 0 Å². The molecule has 1 aromatic carbocycles. The topological polar surface area (TPSA) is 44.5 Å². The quantitative estimate of drug-likeness (QED) is 0.726. The molecular weight excluding hydrogens is 202 g/mol. The first-order chi connectivity index (χ1) is 7.79. The highest BCUT2D eigenvalue weighted by Crippen LogP contribution is 2.41. The fraction of sp³-hybridized carbons (Fsp3) is 0.538. The minimum absolute atomic E-state index is 0.0756. The van der Waals surface area contributed by atoms with Crippen LogP contribution in [0.2, 0.25) is 0 Å². The van der Waals surface area contributed by atoms with Crippen LogP contribution < -0.4 is 10.5 Å². The van der Waals surface area contributed by atoms with E-state index in [1.165, 1.54) is 0 Å². The summed E-state index contributed by atoms with van der Waals surface area (Å²) in [4.78, 5) is 0. The molecule has 2 aliphatic rings. The fourth-order valence-corrected chi connectivity index (χ4v) is 2.73. The summed E-state index contributed by atoms with van der Waals surface area (Å²) in [5.74, 6) is 0.937. The van der Waals surface area contributed by atoms with Gasteiger partial charge in [0.05, 0.1) is 6.61 Å². The lowest BCUT2D eigenvalue weighted by Crippen LogP contribution is -2.49. The molecule has 2 aliphatic heterocycles. The summed E-state index contributed by atoms with van der Waals surface area (Å²) in [5, 5.41) is 0. The largest absolute Gasteiger partial charge is 0.484 e. The predicted octanol–water partition coefficient (Wildman–Crippen LogP) is 2.02. The first kappa shape index (κ1) is 10.1. The van der Waals surface area contributed by atoms with E-state index >= 15 is 0 Å². The molecule has 2 heterocycles. The van der Waals surface area contributed by atoms with Crippen LogP contribution in [0.25, 0.3) is 0 Å². The Labute approximate surface area is 95.5 Å². The highest BCUT2D eigenvalue weighted by molar-refractivity contribution is 5.38. The van der Waals surface area contributed by atoms with Crippen LogP contribution in [-0.2, 0) is 4.74 Å². The standard InChI is InChI=1S/C13H17NO2/c14-11-8-13(6-3-7-15-9-13)16-12-5-2-1-4-10(11)12/h1-2,4-5,11H,3,6-9,14H2. The average molecular weight is 219 g/mol. The lowest BCUT2D eigenvalue weighted by atomic mass is 9.84. The third-order valence-electron chi connectivity index (χ3n) is 3.52. The van der Waals surface area contributed by atoms with Gasteiger partial charge in [-0.25, -0.2) is 0 Å². The minimum Gasteiger partial charge on any atom is -0.484 e. The molecule has 1 saturated heterocycles. The molecule has 2 atom stereocenters. The second-order valence-corrected chi connectivity index (χ2v) is 4.79. The van der Waals surface area contributed by atoms with E-state index in [4.69, 9.17) is 15.2 Å². The summed E-state index contributed by atoms with van der Waals surface area (Å²) in [6.07, 6.45) is 2.98. The van der Waals surface area contributed by atoms with Gasteiger partial charge in [0, 0.05) is 24.6 Å². The van der Waals surface area contributed by atoms with E-state index in [9.17, 15) is 0 Å². The molecule has 3 nitrogen and oxygen atoms in total. The van der Waals surface area contributed by atoms with Gasteiger partial charge in [0.2, 0.25) is 0 Å². The molecule has 0 bridgehead atoms. The van der Waals surface area contributed by atoms with Crippen LogP contribution in [0.1, 0.15) is 30.9 Å². The average Bonchev–Trinajstić information content (AvgIpc) is 2.30. The summed E-state index contributed by atoms with van der Waals surface area (Å²) in [5.41, 5.74) is 7.17. The van der Waals surface area contributed by atoms with E-state index in [1.807, 2.05) is 18.2 Å². The molecule has 2 unspecified atom stereocenters. The molecule has 1 spiro atoms. The zero-order valence-corrected chi connectivity index (χ0v) is 9.32. The third kappa shape index (κ3) is 1.60. The zero-order valence-electron chi connectivity index (χ0n) is 9.32. The predicted molar refractivity (Wildman–Crippen MR) is 61.4 cm³/mol. The van der Waals surface area contributed by atoms with Crippen molar-refractivity contribution in [3.8, 4) is 5.75 Å². The molecule has 0 saturated carbocycles. The molecule has 0 aromatic heterocycles. The fourth-order valence-electron chi connectivity index (χ4n) is 2.73. The maximum Gasteiger partial charge on any atom is 0.134 e. The SMILES string of the molecule is NC1CC2(CCCOC2)Oc2ccccc21. The number of hydrogen-bond donors (Lipinski definition) is 1. The number of nitrogens with two attached hydrogens (primary N) is 1. The summed E-state index contributed by atoms with van der Waals surface area (Å²) >= 11 is 0. The van der Waals surface area contributed by atoms with E-state index in [-0.39, 0.29) is 11.6 Å². The first-order valence-corrected chi connectivity index (χ1v) is 5.90. The van der Waals surface area contributed by atoms with Gasteiger partial charge in [-0.05, 0) is 18.9 Å². The summed E-state index contributed by atoms with van der Waals surface area (Å²) in [6, 6.07) is 8.14. The van der Waals surface area contributed by atoms with Crippen molar-refractivity contribution in [2.24, 2.45) is 5.73 Å². The normalized spacial score (nSPS) is 33.2. The lowest BCUT2D eigenvalue weighted by Gasteiger charge is -2.43. The van der Waals surface area contributed by atoms with Crippen LogP contribution in [-0.4, -0.2) is 18.8 Å². The van der Waals surface area contributed by atoms with E-state index in [0.717, 1.165) is 37.2 Å². The smallest absolute Gasteiger partial charge is 0.134 e. The van der Waals surface area contributed by atoms with E-state index in [2.05, 4.69) is 6.07 Å². The number of fused-ring (bicyclic) bond motifs is 1. The Morgan fingerprint density at radius 2 is 2.19 bits per heavy atom. The number of hydrogen-bond acceptors (Lipinski definition) is 3. The maximum absolute atomic E-state index is 6.22. The molecule has 0 radical (unpaired) electrons. The van der Waals surface area contributed by atoms with Crippen LogP contribution in [0.15, 0.2) is 24.3 Å². The highest BCUT2D eigenvalue weighted by atomic mass is 16.5. The van der Waals surface area contributed by atoms with Crippen LogP contribution in [0.4, 0.5) is 0 Å². The Hall–Kier alpha value is -1.06. The highest BCUT2D eigenvalue weighted by Gasteiger charge is 2.41. The van der Waals surface area contributed by atoms with Crippen LogP contribution in [0.3, 0.4) is 0 Å². The van der Waals surface area contributed by atoms with E-state index < -0.39 is 0 Å². The molecule has 1 aromatic rings. The van der Waals surface area contributed by atoms with Gasteiger partial charge in [0.1, 0.15) is 11.4 Å². The molecular formula is C13H17NO2. The summed E-state index contributed by atoms with van der Waals surface area (Å²) in [6.45, 7) is 1.52. The van der Waals surface area contributed by atoms with Gasteiger partial charge in [0.15, 0.2) is 0 Å². The van der Waals surface area contributed by atoms with Crippen molar-refractivity contribution in [2.75, 3.05) is 13.2 Å². The van der Waals surface area contributed by atoms with Crippen molar-refractivity contribution in [1.82, 2.24) is 0 Å². The molecule has 1 fully saturated rings. The first-order valence-electron chi connectivity index (χ1n) is 5.90. The van der Waals surface area contributed by atoms with Crippen LogP contribution in [0.5, 0.6) is 5.75 Å². The molecule has 16 heavy (non-hydrogen) atoms. The minimum atomic E-state index is -0.175. The summed E-state index contributed by atoms with van der Waals surface area (Å²) < 4.78 is 11.7. The Morgan fingerprint density at radius 3 is 3.00 bits per heavy atom. The Balaban J connectivity index is 1.93. The number of rotatable bonds is 0. The second-order valence-electron chi connectivity index (χ2n) is 4.79. The number of para-hydroxylation sites is 1. The van der Waals surface area contributed by atoms with Gasteiger partial charge in [-0.1, -0.05) is 18.2 Å². The van der Waals surface area contributed by atoms with Crippen LogP contribution in [0, 0.1) is 0 Å². The van der Waals surface area contributed by atoms with Gasteiger partial charge in [0.25, 0.3) is 0 Å². The summed E-state index contributed by atoms with van der Waals surface area (Å²) in [7, 11) is 0. The lowest BCUT2D eigenvalue weighted by molar-refractivity contribution is -0.0833. The van der Waals surface area contributed by atoms with Gasteiger partial charge in [-0.3, -0.25) is 0 Å². The van der Waals surface area contributed by atoms with Crippen molar-refractivity contribution in [3.63, 3.8) is 0 Å². The van der Waals surface area contributed by atoms with Crippen LogP contribution >= 0.6 is 0 Å². The van der Waals surface area contributed by atoms with Gasteiger partial charge in [-0.2, -0.15) is 0 Å². The molecule has 2 N–H and O–H groups in total.